The van der Waals surface area contributed by atoms with Crippen LogP contribution in [-0.2, 0) is 11.2 Å². The van der Waals surface area contributed by atoms with Crippen LogP contribution < -0.4 is 10.5 Å². The second-order valence-corrected chi connectivity index (χ2v) is 6.07. The molecule has 3 nitrogen and oxygen atoms in total. The van der Waals surface area contributed by atoms with Crippen molar-refractivity contribution >= 4 is 21.7 Å². The molecule has 4 heteroatoms. The van der Waals surface area contributed by atoms with Crippen LogP contribution in [0.3, 0.4) is 0 Å². The molecule has 0 saturated heterocycles. The van der Waals surface area contributed by atoms with Crippen LogP contribution in [0.2, 0.25) is 0 Å². The summed E-state index contributed by atoms with van der Waals surface area (Å²) in [6, 6.07) is 5.77. The van der Waals surface area contributed by atoms with E-state index in [1.165, 1.54) is 0 Å². The van der Waals surface area contributed by atoms with Gasteiger partial charge in [0.2, 0.25) is 0 Å². The first-order valence-electron chi connectivity index (χ1n) is 6.72. The number of rotatable bonds is 4. The van der Waals surface area contributed by atoms with E-state index >= 15 is 0 Å². The van der Waals surface area contributed by atoms with E-state index in [-0.39, 0.29) is 17.7 Å². The summed E-state index contributed by atoms with van der Waals surface area (Å²) in [5.74, 6) is 1.02. The molecule has 0 bridgehead atoms. The molecule has 1 aromatic rings. The molecule has 2 N–H and O–H groups in total. The van der Waals surface area contributed by atoms with Gasteiger partial charge in [-0.2, -0.15) is 0 Å². The highest BCUT2D eigenvalue weighted by Gasteiger charge is 2.28. The third-order valence-electron chi connectivity index (χ3n) is 3.84. The molecule has 1 aliphatic carbocycles. The maximum absolute atomic E-state index is 12.4. The van der Waals surface area contributed by atoms with Crippen LogP contribution >= 0.6 is 15.9 Å². The Morgan fingerprint density at radius 3 is 2.84 bits per heavy atom. The molecule has 0 aromatic heterocycles. The van der Waals surface area contributed by atoms with Gasteiger partial charge in [0.05, 0.1) is 7.11 Å². The molecule has 0 amide bonds. The number of carbonyl (C=O) groups excluding carboxylic acids is 1. The van der Waals surface area contributed by atoms with Crippen molar-refractivity contribution in [1.82, 2.24) is 0 Å². The van der Waals surface area contributed by atoms with E-state index in [4.69, 9.17) is 10.5 Å². The van der Waals surface area contributed by atoms with Crippen LogP contribution in [0.15, 0.2) is 22.7 Å². The minimum absolute atomic E-state index is 0.0115. The predicted octanol–water partition coefficient (Wildman–Crippen LogP) is 3.09. The third kappa shape index (κ3) is 3.57. The zero-order chi connectivity index (χ0) is 13.8. The Labute approximate surface area is 122 Å². The highest BCUT2D eigenvalue weighted by atomic mass is 79.9. The molecule has 1 saturated carbocycles. The zero-order valence-electron chi connectivity index (χ0n) is 11.2. The van der Waals surface area contributed by atoms with Gasteiger partial charge in [-0.05, 0) is 31.0 Å². The van der Waals surface area contributed by atoms with Gasteiger partial charge in [-0.25, -0.2) is 0 Å². The first-order chi connectivity index (χ1) is 9.11. The van der Waals surface area contributed by atoms with Crippen LogP contribution in [0.25, 0.3) is 0 Å². The number of halogens is 1. The molecular weight excluding hydrogens is 306 g/mol. The summed E-state index contributed by atoms with van der Waals surface area (Å²) < 4.78 is 6.27. The van der Waals surface area contributed by atoms with Crippen molar-refractivity contribution < 1.29 is 9.53 Å². The summed E-state index contributed by atoms with van der Waals surface area (Å²) >= 11 is 3.43. The molecule has 1 aliphatic rings. The lowest BCUT2D eigenvalue weighted by atomic mass is 9.80. The molecular formula is C15H20BrNO2. The number of hydrogen-bond donors (Lipinski definition) is 1. The van der Waals surface area contributed by atoms with Gasteiger partial charge in [0.25, 0.3) is 0 Å². The number of benzene rings is 1. The monoisotopic (exact) mass is 325 g/mol. The lowest BCUT2D eigenvalue weighted by Crippen LogP contribution is -2.38. The Morgan fingerprint density at radius 2 is 2.16 bits per heavy atom. The second-order valence-electron chi connectivity index (χ2n) is 5.15. The van der Waals surface area contributed by atoms with Gasteiger partial charge >= 0.3 is 0 Å². The Morgan fingerprint density at radius 1 is 1.42 bits per heavy atom. The van der Waals surface area contributed by atoms with E-state index in [2.05, 4.69) is 15.9 Å². The highest BCUT2D eigenvalue weighted by Crippen LogP contribution is 2.28. The normalized spacial score (nSPS) is 23.1. The lowest BCUT2D eigenvalue weighted by Gasteiger charge is -2.27. The fraction of sp³-hybridized carbons (Fsp3) is 0.533. The van der Waals surface area contributed by atoms with Gasteiger partial charge in [-0.3, -0.25) is 4.79 Å². The van der Waals surface area contributed by atoms with Crippen molar-refractivity contribution in [2.45, 2.75) is 38.1 Å². The average Bonchev–Trinajstić information content (AvgIpc) is 2.39. The van der Waals surface area contributed by atoms with Gasteiger partial charge in [-0.1, -0.05) is 28.8 Å². The Hall–Kier alpha value is -0.870. The molecule has 2 atom stereocenters. The second kappa shape index (κ2) is 6.53. The van der Waals surface area contributed by atoms with Gasteiger partial charge in [0.15, 0.2) is 0 Å². The fourth-order valence-corrected chi connectivity index (χ4v) is 3.17. The quantitative estimate of drug-likeness (QED) is 0.925. The molecule has 1 fully saturated rings. The number of ketones is 1. The number of ether oxygens (including phenoxy) is 1. The first-order valence-corrected chi connectivity index (χ1v) is 7.52. The lowest BCUT2D eigenvalue weighted by molar-refractivity contribution is -0.123. The van der Waals surface area contributed by atoms with Crippen molar-refractivity contribution in [2.75, 3.05) is 7.11 Å². The van der Waals surface area contributed by atoms with Gasteiger partial charge in [-0.15, -0.1) is 0 Å². The van der Waals surface area contributed by atoms with E-state index in [9.17, 15) is 4.79 Å². The summed E-state index contributed by atoms with van der Waals surface area (Å²) in [5.41, 5.74) is 7.00. The molecule has 1 aromatic carbocycles. The van der Waals surface area contributed by atoms with Crippen molar-refractivity contribution in [3.8, 4) is 5.75 Å². The van der Waals surface area contributed by atoms with E-state index in [1.807, 2.05) is 18.2 Å². The number of nitrogens with two attached hydrogens (primary N) is 1. The maximum Gasteiger partial charge on any atom is 0.142 e. The van der Waals surface area contributed by atoms with E-state index in [0.717, 1.165) is 41.5 Å². The summed E-state index contributed by atoms with van der Waals surface area (Å²) in [6.07, 6.45) is 4.55. The van der Waals surface area contributed by atoms with Crippen LogP contribution in [0, 0.1) is 5.92 Å². The number of methoxy groups -OCH3 is 1. The smallest absolute Gasteiger partial charge is 0.142 e. The van der Waals surface area contributed by atoms with Crippen molar-refractivity contribution in [3.63, 3.8) is 0 Å². The summed E-state index contributed by atoms with van der Waals surface area (Å²) in [5, 5.41) is 0. The Kier molecular flexibility index (Phi) is 4.99. The van der Waals surface area contributed by atoms with Crippen LogP contribution in [-0.4, -0.2) is 18.9 Å². The Bertz CT molecular complexity index is 461. The SMILES string of the molecule is COc1ccc(Br)cc1CC(=O)C1CCCCC1N. The van der Waals surface area contributed by atoms with Crippen molar-refractivity contribution in [3.05, 3.63) is 28.2 Å². The standard InChI is InChI=1S/C15H20BrNO2/c1-19-15-7-6-11(16)8-10(15)9-14(18)12-4-2-3-5-13(12)17/h6-8,12-13H,2-5,9,17H2,1H3. The molecule has 0 heterocycles. The van der Waals surface area contributed by atoms with Gasteiger partial charge in [0, 0.05) is 28.4 Å². The minimum atomic E-state index is 0.0115. The van der Waals surface area contributed by atoms with Crippen LogP contribution in [0.4, 0.5) is 0 Å². The molecule has 2 unspecified atom stereocenters. The van der Waals surface area contributed by atoms with E-state index in [1.54, 1.807) is 7.11 Å². The zero-order valence-corrected chi connectivity index (χ0v) is 12.8. The predicted molar refractivity (Wildman–Crippen MR) is 79.3 cm³/mol. The topological polar surface area (TPSA) is 52.3 Å². The molecule has 104 valence electrons. The van der Waals surface area contributed by atoms with Crippen LogP contribution in [0.5, 0.6) is 5.75 Å². The van der Waals surface area contributed by atoms with Gasteiger partial charge < -0.3 is 10.5 Å². The summed E-state index contributed by atoms with van der Waals surface area (Å²) in [7, 11) is 1.63. The fourth-order valence-electron chi connectivity index (χ4n) is 2.76. The highest BCUT2D eigenvalue weighted by molar-refractivity contribution is 9.10. The Balaban J connectivity index is 2.11. The van der Waals surface area contributed by atoms with Crippen molar-refractivity contribution in [2.24, 2.45) is 11.7 Å². The average molecular weight is 326 g/mol. The third-order valence-corrected chi connectivity index (χ3v) is 4.33. The van der Waals surface area contributed by atoms with E-state index < -0.39 is 0 Å². The largest absolute Gasteiger partial charge is 0.496 e. The number of hydrogen-bond acceptors (Lipinski definition) is 3. The summed E-state index contributed by atoms with van der Waals surface area (Å²) in [4.78, 5) is 12.4. The molecule has 0 aliphatic heterocycles. The van der Waals surface area contributed by atoms with Gasteiger partial charge in [0.1, 0.15) is 11.5 Å². The molecule has 19 heavy (non-hydrogen) atoms. The maximum atomic E-state index is 12.4. The van der Waals surface area contributed by atoms with Crippen molar-refractivity contribution in [1.29, 1.82) is 0 Å². The van der Waals surface area contributed by atoms with E-state index in [0.29, 0.717) is 6.42 Å². The molecule has 2 rings (SSSR count). The minimum Gasteiger partial charge on any atom is -0.496 e. The first kappa shape index (κ1) is 14.5. The number of Topliss-reactive ketones (excluding diaryl/α,β-unsaturated/α-hetero) is 1. The molecule has 0 radical (unpaired) electrons. The number of carbonyl (C=O) groups is 1. The molecule has 0 spiro atoms. The summed E-state index contributed by atoms with van der Waals surface area (Å²) in [6.45, 7) is 0. The van der Waals surface area contributed by atoms with Crippen LogP contribution in [0.1, 0.15) is 31.2 Å².